The summed E-state index contributed by atoms with van der Waals surface area (Å²) < 4.78 is 7.14. The zero-order valence-corrected chi connectivity index (χ0v) is 12.7. The fourth-order valence-corrected chi connectivity index (χ4v) is 2.67. The number of amides is 1. The fourth-order valence-electron chi connectivity index (χ4n) is 1.91. The van der Waals surface area contributed by atoms with E-state index in [1.807, 2.05) is 12.3 Å². The van der Waals surface area contributed by atoms with Gasteiger partial charge in [0, 0.05) is 43.8 Å². The van der Waals surface area contributed by atoms with Crippen molar-refractivity contribution in [2.45, 2.75) is 39.2 Å². The minimum absolute atomic E-state index is 0.00350. The second kappa shape index (κ2) is 7.59. The maximum Gasteiger partial charge on any atom is 0.307 e. The van der Waals surface area contributed by atoms with Gasteiger partial charge in [0.25, 0.3) is 0 Å². The highest BCUT2D eigenvalue weighted by atomic mass is 32.1. The topological polar surface area (TPSA) is 60.3 Å². The van der Waals surface area contributed by atoms with Crippen LogP contribution in [0, 0.1) is 12.8 Å². The molecule has 5 nitrogen and oxygen atoms in total. The van der Waals surface area contributed by atoms with Crippen molar-refractivity contribution in [1.82, 2.24) is 9.88 Å². The predicted octanol–water partition coefficient (Wildman–Crippen LogP) is 1.54. The van der Waals surface area contributed by atoms with Crippen LogP contribution in [0.5, 0.6) is 0 Å². The minimum atomic E-state index is -0.00954. The lowest BCUT2D eigenvalue weighted by Gasteiger charge is -2.07. The Bertz CT molecular complexity index is 491. The molecule has 0 aliphatic heterocycles. The molecule has 0 saturated heterocycles. The van der Waals surface area contributed by atoms with Gasteiger partial charge in [-0.1, -0.05) is 11.3 Å². The number of hydrogen-bond acceptors (Lipinski definition) is 4. The van der Waals surface area contributed by atoms with Gasteiger partial charge < -0.3 is 14.6 Å². The molecule has 0 atom stereocenters. The third-order valence-electron chi connectivity index (χ3n) is 3.38. The smallest absolute Gasteiger partial charge is 0.307 e. The lowest BCUT2D eigenvalue weighted by atomic mass is 10.3. The van der Waals surface area contributed by atoms with Crippen molar-refractivity contribution in [2.75, 3.05) is 19.8 Å². The standard InChI is InChI=1S/C14H22N2O3S/c1-11-10-20-14(18)16(11)7-5-13(17)15-6-2-8-19-9-12-3-4-12/h10,12H,2-9H2,1H3,(H,15,17). The highest BCUT2D eigenvalue weighted by Crippen LogP contribution is 2.28. The van der Waals surface area contributed by atoms with Crippen molar-refractivity contribution in [2.24, 2.45) is 5.92 Å². The fraction of sp³-hybridized carbons (Fsp3) is 0.714. The first kappa shape index (κ1) is 15.3. The lowest BCUT2D eigenvalue weighted by molar-refractivity contribution is -0.121. The Labute approximate surface area is 122 Å². The van der Waals surface area contributed by atoms with Gasteiger partial charge in [-0.2, -0.15) is 0 Å². The maximum absolute atomic E-state index is 11.6. The zero-order chi connectivity index (χ0) is 14.4. The van der Waals surface area contributed by atoms with Crippen LogP contribution in [0.1, 0.15) is 31.4 Å². The number of nitrogens with zero attached hydrogens (tertiary/aromatic N) is 1. The molecule has 0 radical (unpaired) electrons. The molecule has 20 heavy (non-hydrogen) atoms. The van der Waals surface area contributed by atoms with Gasteiger partial charge in [0.05, 0.1) is 0 Å². The third kappa shape index (κ3) is 5.09. The summed E-state index contributed by atoms with van der Waals surface area (Å²) in [6.45, 7) is 4.56. The summed E-state index contributed by atoms with van der Waals surface area (Å²) in [5.74, 6) is 0.779. The first-order chi connectivity index (χ1) is 9.66. The number of carbonyl (C=O) groups excluding carboxylic acids is 1. The number of nitrogens with one attached hydrogen (secondary N) is 1. The molecular formula is C14H22N2O3S. The number of aryl methyl sites for hydroxylation is 1. The molecule has 0 aromatic carbocycles. The molecule has 1 saturated carbocycles. The number of aromatic nitrogens is 1. The van der Waals surface area contributed by atoms with Crippen molar-refractivity contribution in [3.63, 3.8) is 0 Å². The maximum atomic E-state index is 11.6. The van der Waals surface area contributed by atoms with Crippen LogP contribution >= 0.6 is 11.3 Å². The average Bonchev–Trinajstić information content (AvgIpc) is 3.19. The Kier molecular flexibility index (Phi) is 5.79. The van der Waals surface area contributed by atoms with E-state index in [0.29, 0.717) is 26.1 Å². The molecule has 1 aromatic heterocycles. The van der Waals surface area contributed by atoms with Crippen LogP contribution in [0.2, 0.25) is 0 Å². The summed E-state index contributed by atoms with van der Waals surface area (Å²) in [7, 11) is 0. The Balaban J connectivity index is 1.52. The van der Waals surface area contributed by atoms with E-state index < -0.39 is 0 Å². The van der Waals surface area contributed by atoms with Gasteiger partial charge in [-0.3, -0.25) is 9.59 Å². The first-order valence-corrected chi connectivity index (χ1v) is 8.04. The summed E-state index contributed by atoms with van der Waals surface area (Å²) in [6, 6.07) is 0. The Morgan fingerprint density at radius 2 is 2.35 bits per heavy atom. The Morgan fingerprint density at radius 3 is 3.00 bits per heavy atom. The van der Waals surface area contributed by atoms with E-state index in [1.165, 1.54) is 24.2 Å². The van der Waals surface area contributed by atoms with Gasteiger partial charge in [0.1, 0.15) is 0 Å². The molecule has 1 N–H and O–H groups in total. The van der Waals surface area contributed by atoms with E-state index in [4.69, 9.17) is 4.74 Å². The van der Waals surface area contributed by atoms with Crippen LogP contribution < -0.4 is 10.2 Å². The number of carbonyl (C=O) groups is 1. The van der Waals surface area contributed by atoms with E-state index in [2.05, 4.69) is 5.32 Å². The molecule has 1 aliphatic carbocycles. The highest BCUT2D eigenvalue weighted by Gasteiger charge is 2.20. The average molecular weight is 298 g/mol. The Hall–Kier alpha value is -1.14. The molecule has 1 heterocycles. The summed E-state index contributed by atoms with van der Waals surface area (Å²) >= 11 is 1.18. The van der Waals surface area contributed by atoms with Gasteiger partial charge in [0.15, 0.2) is 0 Å². The lowest BCUT2D eigenvalue weighted by Crippen LogP contribution is -2.27. The third-order valence-corrected chi connectivity index (χ3v) is 4.26. The van der Waals surface area contributed by atoms with Gasteiger partial charge in [-0.05, 0) is 32.1 Å². The van der Waals surface area contributed by atoms with E-state index >= 15 is 0 Å². The van der Waals surface area contributed by atoms with Crippen molar-refractivity contribution in [3.05, 3.63) is 20.7 Å². The molecule has 0 spiro atoms. The summed E-state index contributed by atoms with van der Waals surface area (Å²) in [5, 5.41) is 4.67. The first-order valence-electron chi connectivity index (χ1n) is 7.16. The molecule has 2 rings (SSSR count). The van der Waals surface area contributed by atoms with Crippen molar-refractivity contribution < 1.29 is 9.53 Å². The second-order valence-corrected chi connectivity index (χ2v) is 6.09. The summed E-state index contributed by atoms with van der Waals surface area (Å²) in [5.41, 5.74) is 0.918. The number of rotatable bonds is 9. The Morgan fingerprint density at radius 1 is 1.55 bits per heavy atom. The van der Waals surface area contributed by atoms with E-state index in [1.54, 1.807) is 4.57 Å². The van der Waals surface area contributed by atoms with E-state index in [-0.39, 0.29) is 10.8 Å². The van der Waals surface area contributed by atoms with Crippen LogP contribution in [0.15, 0.2) is 10.2 Å². The summed E-state index contributed by atoms with van der Waals surface area (Å²) in [6.07, 6.45) is 3.80. The molecule has 1 aromatic rings. The van der Waals surface area contributed by atoms with Crippen LogP contribution in [-0.4, -0.2) is 30.2 Å². The zero-order valence-electron chi connectivity index (χ0n) is 11.9. The van der Waals surface area contributed by atoms with Crippen molar-refractivity contribution >= 4 is 17.2 Å². The molecule has 1 amide bonds. The van der Waals surface area contributed by atoms with Gasteiger partial charge in [-0.15, -0.1) is 0 Å². The predicted molar refractivity (Wildman–Crippen MR) is 79.1 cm³/mol. The van der Waals surface area contributed by atoms with Crippen LogP contribution in [0.3, 0.4) is 0 Å². The highest BCUT2D eigenvalue weighted by molar-refractivity contribution is 7.07. The molecule has 0 unspecified atom stereocenters. The van der Waals surface area contributed by atoms with Crippen LogP contribution in [0.25, 0.3) is 0 Å². The van der Waals surface area contributed by atoms with Gasteiger partial charge >= 0.3 is 4.87 Å². The molecule has 1 fully saturated rings. The quantitative estimate of drug-likeness (QED) is 0.704. The van der Waals surface area contributed by atoms with Crippen LogP contribution in [0.4, 0.5) is 0 Å². The van der Waals surface area contributed by atoms with E-state index in [0.717, 1.165) is 24.6 Å². The summed E-state index contributed by atoms with van der Waals surface area (Å²) in [4.78, 5) is 23.1. The molecule has 1 aliphatic rings. The second-order valence-electron chi connectivity index (χ2n) is 5.27. The molecule has 6 heteroatoms. The largest absolute Gasteiger partial charge is 0.381 e. The van der Waals surface area contributed by atoms with Crippen LogP contribution in [-0.2, 0) is 16.1 Å². The molecular weight excluding hydrogens is 276 g/mol. The number of hydrogen-bond donors (Lipinski definition) is 1. The SMILES string of the molecule is Cc1csc(=O)n1CCC(=O)NCCCOCC1CC1. The van der Waals surface area contributed by atoms with Gasteiger partial charge in [-0.25, -0.2) is 0 Å². The number of thiazole rings is 1. The molecule has 0 bridgehead atoms. The van der Waals surface area contributed by atoms with Crippen molar-refractivity contribution in [1.29, 1.82) is 0 Å². The van der Waals surface area contributed by atoms with Gasteiger partial charge in [0.2, 0.25) is 5.91 Å². The number of ether oxygens (including phenoxy) is 1. The monoisotopic (exact) mass is 298 g/mol. The van der Waals surface area contributed by atoms with E-state index in [9.17, 15) is 9.59 Å². The minimum Gasteiger partial charge on any atom is -0.381 e. The normalized spacial score (nSPS) is 14.4. The van der Waals surface area contributed by atoms with Crippen molar-refractivity contribution in [3.8, 4) is 0 Å². The molecule has 112 valence electrons.